The molecule has 1 heterocycles. The Labute approximate surface area is 131 Å². The van der Waals surface area contributed by atoms with Crippen LogP contribution in [0.2, 0.25) is 0 Å². The molecule has 0 unspecified atom stereocenters. The van der Waals surface area contributed by atoms with E-state index in [4.69, 9.17) is 10.7 Å². The van der Waals surface area contributed by atoms with Crippen molar-refractivity contribution in [2.45, 2.75) is 52.0 Å². The molecular formula is C18H24N2S. The van der Waals surface area contributed by atoms with Crippen molar-refractivity contribution in [1.82, 2.24) is 4.98 Å². The quantitative estimate of drug-likeness (QED) is 0.866. The molecule has 0 amide bonds. The zero-order valence-electron chi connectivity index (χ0n) is 13.1. The Morgan fingerprint density at radius 1 is 1.24 bits per heavy atom. The zero-order chi connectivity index (χ0) is 15.0. The summed E-state index contributed by atoms with van der Waals surface area (Å²) < 4.78 is 0. The van der Waals surface area contributed by atoms with E-state index < -0.39 is 0 Å². The topological polar surface area (TPSA) is 38.9 Å². The third-order valence-corrected chi connectivity index (χ3v) is 5.82. The average Bonchev–Trinajstić information content (AvgIpc) is 2.92. The normalized spacial score (nSPS) is 26.0. The number of nitrogens with two attached hydrogens (primary N) is 1. The van der Waals surface area contributed by atoms with Gasteiger partial charge in [0.2, 0.25) is 0 Å². The van der Waals surface area contributed by atoms with Gasteiger partial charge in [-0.05, 0) is 51.0 Å². The van der Waals surface area contributed by atoms with Crippen LogP contribution in [0.4, 0.5) is 0 Å². The Morgan fingerprint density at radius 3 is 2.62 bits per heavy atom. The first-order chi connectivity index (χ1) is 9.98. The third kappa shape index (κ3) is 2.90. The molecule has 2 N–H and O–H groups in total. The lowest BCUT2D eigenvalue weighted by Gasteiger charge is -2.34. The van der Waals surface area contributed by atoms with Crippen LogP contribution < -0.4 is 5.73 Å². The van der Waals surface area contributed by atoms with E-state index in [0.29, 0.717) is 0 Å². The van der Waals surface area contributed by atoms with E-state index in [-0.39, 0.29) is 5.54 Å². The van der Waals surface area contributed by atoms with Crippen LogP contribution in [-0.2, 0) is 5.54 Å². The minimum atomic E-state index is -0.200. The van der Waals surface area contributed by atoms with Gasteiger partial charge in [-0.1, -0.05) is 30.7 Å². The monoisotopic (exact) mass is 300 g/mol. The van der Waals surface area contributed by atoms with E-state index in [0.717, 1.165) is 29.5 Å². The molecular weight excluding hydrogens is 276 g/mol. The number of aromatic nitrogens is 1. The van der Waals surface area contributed by atoms with E-state index in [1.54, 1.807) is 11.3 Å². The summed E-state index contributed by atoms with van der Waals surface area (Å²) in [7, 11) is 0. The van der Waals surface area contributed by atoms with Crippen LogP contribution in [-0.4, -0.2) is 4.98 Å². The number of hydrogen-bond donors (Lipinski definition) is 1. The molecule has 3 heteroatoms. The van der Waals surface area contributed by atoms with Crippen LogP contribution in [0, 0.1) is 19.8 Å². The Hall–Kier alpha value is -1.19. The SMILES string of the molecule is Cc1ccc(-c2csc(C3(N)CCC(C)CC3)n2)c(C)c1. The molecule has 0 atom stereocenters. The second kappa shape index (κ2) is 5.54. The standard InChI is InChI=1S/C18H24N2S/c1-12-6-8-18(19,9-7-12)17-20-16(11-21-17)15-5-4-13(2)10-14(15)3/h4-5,10-12H,6-9,19H2,1-3H3. The molecule has 1 aliphatic rings. The maximum atomic E-state index is 6.64. The van der Waals surface area contributed by atoms with E-state index in [9.17, 15) is 0 Å². The van der Waals surface area contributed by atoms with Gasteiger partial charge in [-0.2, -0.15) is 0 Å². The molecule has 0 bridgehead atoms. The summed E-state index contributed by atoms with van der Waals surface area (Å²) in [5.41, 5.74) is 11.3. The van der Waals surface area contributed by atoms with Crippen LogP contribution in [0.3, 0.4) is 0 Å². The van der Waals surface area contributed by atoms with Crippen molar-refractivity contribution in [1.29, 1.82) is 0 Å². The Balaban J connectivity index is 1.89. The van der Waals surface area contributed by atoms with E-state index >= 15 is 0 Å². The maximum absolute atomic E-state index is 6.64. The van der Waals surface area contributed by atoms with Crippen molar-refractivity contribution in [3.05, 3.63) is 39.7 Å². The van der Waals surface area contributed by atoms with Gasteiger partial charge in [0.25, 0.3) is 0 Å². The van der Waals surface area contributed by atoms with Crippen molar-refractivity contribution >= 4 is 11.3 Å². The summed E-state index contributed by atoms with van der Waals surface area (Å²) >= 11 is 1.73. The van der Waals surface area contributed by atoms with Gasteiger partial charge in [-0.25, -0.2) is 4.98 Å². The van der Waals surface area contributed by atoms with Crippen molar-refractivity contribution < 1.29 is 0 Å². The Bertz CT molecular complexity index is 636. The summed E-state index contributed by atoms with van der Waals surface area (Å²) in [6.45, 7) is 6.60. The number of benzene rings is 1. The van der Waals surface area contributed by atoms with Crippen LogP contribution in [0.15, 0.2) is 23.6 Å². The summed E-state index contributed by atoms with van der Waals surface area (Å²) in [5.74, 6) is 0.806. The van der Waals surface area contributed by atoms with Gasteiger partial charge < -0.3 is 5.73 Å². The molecule has 21 heavy (non-hydrogen) atoms. The van der Waals surface area contributed by atoms with Crippen LogP contribution in [0.1, 0.15) is 48.7 Å². The van der Waals surface area contributed by atoms with Crippen molar-refractivity contribution in [2.24, 2.45) is 11.7 Å². The Morgan fingerprint density at radius 2 is 1.95 bits per heavy atom. The molecule has 1 fully saturated rings. The summed E-state index contributed by atoms with van der Waals surface area (Å²) in [4.78, 5) is 4.88. The second-order valence-electron chi connectivity index (χ2n) is 6.69. The lowest BCUT2D eigenvalue weighted by molar-refractivity contribution is 0.247. The first-order valence-corrected chi connectivity index (χ1v) is 8.68. The molecule has 2 aromatic rings. The average molecular weight is 300 g/mol. The lowest BCUT2D eigenvalue weighted by Crippen LogP contribution is -2.40. The third-order valence-electron chi connectivity index (χ3n) is 4.75. The van der Waals surface area contributed by atoms with Crippen molar-refractivity contribution in [3.8, 4) is 11.3 Å². The summed E-state index contributed by atoms with van der Waals surface area (Å²) in [6, 6.07) is 6.55. The van der Waals surface area contributed by atoms with Gasteiger partial charge in [0.05, 0.1) is 11.2 Å². The van der Waals surface area contributed by atoms with Gasteiger partial charge in [0.1, 0.15) is 5.01 Å². The molecule has 0 saturated heterocycles. The molecule has 0 spiro atoms. The van der Waals surface area contributed by atoms with Gasteiger partial charge in [-0.3, -0.25) is 0 Å². The second-order valence-corrected chi connectivity index (χ2v) is 7.55. The highest BCUT2D eigenvalue weighted by Gasteiger charge is 2.34. The molecule has 2 nitrogen and oxygen atoms in total. The number of aryl methyl sites for hydroxylation is 2. The van der Waals surface area contributed by atoms with Gasteiger partial charge >= 0.3 is 0 Å². The van der Waals surface area contributed by atoms with Gasteiger partial charge in [-0.15, -0.1) is 11.3 Å². The molecule has 112 valence electrons. The molecule has 3 rings (SSSR count). The highest BCUT2D eigenvalue weighted by molar-refractivity contribution is 7.10. The number of rotatable bonds is 2. The zero-order valence-corrected chi connectivity index (χ0v) is 14.0. The first kappa shape index (κ1) is 14.7. The van der Waals surface area contributed by atoms with Crippen LogP contribution in [0.25, 0.3) is 11.3 Å². The molecule has 1 aromatic heterocycles. The minimum Gasteiger partial charge on any atom is -0.319 e. The number of hydrogen-bond acceptors (Lipinski definition) is 3. The summed E-state index contributed by atoms with van der Waals surface area (Å²) in [6.07, 6.45) is 4.56. The van der Waals surface area contributed by atoms with Gasteiger partial charge in [0, 0.05) is 10.9 Å². The first-order valence-electron chi connectivity index (χ1n) is 7.80. The largest absolute Gasteiger partial charge is 0.319 e. The van der Waals surface area contributed by atoms with Crippen molar-refractivity contribution in [3.63, 3.8) is 0 Å². The van der Waals surface area contributed by atoms with Crippen molar-refractivity contribution in [2.75, 3.05) is 0 Å². The van der Waals surface area contributed by atoms with E-state index in [1.807, 2.05) is 0 Å². The fourth-order valence-electron chi connectivity index (χ4n) is 3.22. The minimum absolute atomic E-state index is 0.200. The summed E-state index contributed by atoms with van der Waals surface area (Å²) in [5, 5.41) is 3.28. The predicted octanol–water partition coefficient (Wildman–Crippen LogP) is 4.79. The number of nitrogens with zero attached hydrogens (tertiary/aromatic N) is 1. The Kier molecular flexibility index (Phi) is 3.89. The highest BCUT2D eigenvalue weighted by atomic mass is 32.1. The maximum Gasteiger partial charge on any atom is 0.113 e. The molecule has 1 aromatic carbocycles. The number of thiazole rings is 1. The molecule has 1 aliphatic carbocycles. The molecule has 1 saturated carbocycles. The molecule has 0 radical (unpaired) electrons. The fraction of sp³-hybridized carbons (Fsp3) is 0.500. The van der Waals surface area contributed by atoms with E-state index in [1.165, 1.54) is 29.5 Å². The highest BCUT2D eigenvalue weighted by Crippen LogP contribution is 2.39. The van der Waals surface area contributed by atoms with Crippen LogP contribution >= 0.6 is 11.3 Å². The molecule has 0 aliphatic heterocycles. The predicted molar refractivity (Wildman–Crippen MR) is 90.5 cm³/mol. The van der Waals surface area contributed by atoms with Crippen LogP contribution in [0.5, 0.6) is 0 Å². The fourth-order valence-corrected chi connectivity index (χ4v) is 4.21. The van der Waals surface area contributed by atoms with Gasteiger partial charge in [0.15, 0.2) is 0 Å². The lowest BCUT2D eigenvalue weighted by atomic mass is 9.78. The smallest absolute Gasteiger partial charge is 0.113 e. The van der Waals surface area contributed by atoms with E-state index in [2.05, 4.69) is 44.4 Å².